The van der Waals surface area contributed by atoms with E-state index in [4.69, 9.17) is 37.0 Å². The molecule has 0 bridgehead atoms. The first-order chi connectivity index (χ1) is 42.7. The SMILES string of the molecule is CCCCCCCNC(=O)CCOCCn1nnc2c1-c1ccccc1CN(C(=O)CCCCC(=O)CCCOCCOP(=O)(O)OC[C@H]1O[C@@H](n3cc(C)c(=O)[nH]c3=O)CC1OP(=O)(O)OC[C@H]1O[C@@H](n3cc(C)c(=O)[nH]c3=O)CC1O)c1ccccc1-2. The molecule has 31 heteroatoms. The van der Waals surface area contributed by atoms with E-state index in [2.05, 4.69) is 32.5 Å². The molecule has 0 saturated carbocycles. The fourth-order valence-electron chi connectivity index (χ4n) is 10.5. The zero-order chi connectivity index (χ0) is 63.7. The number of aryl methyl sites for hydroxylation is 2. The number of ketones is 1. The molecule has 6 N–H and O–H groups in total. The number of fused-ring (bicyclic) bond motifs is 5. The number of para-hydroxylation sites is 1. The number of nitrogens with one attached hydrogen (secondary N) is 3. The van der Waals surface area contributed by atoms with E-state index in [0.717, 1.165) is 44.4 Å². The third-order valence-electron chi connectivity index (χ3n) is 15.3. The molecule has 8 rings (SSSR count). The van der Waals surface area contributed by atoms with Gasteiger partial charge in [-0.25, -0.2) is 23.4 Å². The minimum Gasteiger partial charge on any atom is -0.390 e. The number of unbranched alkanes of at least 4 members (excludes halogenated alkanes) is 5. The van der Waals surface area contributed by atoms with Gasteiger partial charge < -0.3 is 44.1 Å². The van der Waals surface area contributed by atoms with Crippen LogP contribution in [0, 0.1) is 13.8 Å². The third-order valence-corrected chi connectivity index (χ3v) is 17.3. The zero-order valence-corrected chi connectivity index (χ0v) is 51.9. The van der Waals surface area contributed by atoms with Crippen LogP contribution in [0.5, 0.6) is 0 Å². The van der Waals surface area contributed by atoms with Crippen molar-refractivity contribution in [3.8, 4) is 22.5 Å². The van der Waals surface area contributed by atoms with E-state index < -0.39 is 94.8 Å². The maximum Gasteiger partial charge on any atom is 0.472 e. The number of aromatic amines is 2. The Morgan fingerprint density at radius 1 is 0.697 bits per heavy atom. The van der Waals surface area contributed by atoms with Gasteiger partial charge in [-0.15, -0.1) is 5.10 Å². The van der Waals surface area contributed by atoms with Gasteiger partial charge in [-0.2, -0.15) is 0 Å². The third kappa shape index (κ3) is 19.3. The molecule has 2 aromatic carbocycles. The molecule has 0 aliphatic carbocycles. The number of aromatic nitrogens is 7. The predicted octanol–water partition coefficient (Wildman–Crippen LogP) is 5.17. The first kappa shape index (κ1) is 68.5. The molecule has 3 aliphatic heterocycles. The molecule has 5 aromatic rings. The highest BCUT2D eigenvalue weighted by molar-refractivity contribution is 7.47. The summed E-state index contributed by atoms with van der Waals surface area (Å²) in [6, 6.07) is 15.4. The Kier molecular flexibility index (Phi) is 25.0. The number of ether oxygens (including phenoxy) is 4. The van der Waals surface area contributed by atoms with Gasteiger partial charge in [0.2, 0.25) is 11.8 Å². The van der Waals surface area contributed by atoms with Crippen LogP contribution in [0.3, 0.4) is 0 Å². The first-order valence-corrected chi connectivity index (χ1v) is 33.0. The molecule has 6 heterocycles. The van der Waals surface area contributed by atoms with Crippen molar-refractivity contribution < 1.29 is 75.4 Å². The van der Waals surface area contributed by atoms with Crippen LogP contribution in [0.2, 0.25) is 0 Å². The fourth-order valence-corrected chi connectivity index (χ4v) is 12.2. The van der Waals surface area contributed by atoms with Crippen LogP contribution >= 0.6 is 15.6 Å². The molecular weight excluding hydrogens is 1200 g/mol. The summed E-state index contributed by atoms with van der Waals surface area (Å²) < 4.78 is 74.1. The number of rotatable bonds is 35. The van der Waals surface area contributed by atoms with E-state index in [1.54, 1.807) is 4.90 Å². The van der Waals surface area contributed by atoms with Crippen molar-refractivity contribution in [1.29, 1.82) is 0 Å². The molecule has 2 fully saturated rings. The summed E-state index contributed by atoms with van der Waals surface area (Å²) >= 11 is 0. The van der Waals surface area contributed by atoms with Crippen LogP contribution in [-0.2, 0) is 73.6 Å². The van der Waals surface area contributed by atoms with Gasteiger partial charge in [0.25, 0.3) is 11.1 Å². The molecule has 0 radical (unpaired) electrons. The van der Waals surface area contributed by atoms with Gasteiger partial charge in [0.05, 0.1) is 70.2 Å². The van der Waals surface area contributed by atoms with Crippen molar-refractivity contribution in [3.63, 3.8) is 0 Å². The van der Waals surface area contributed by atoms with Crippen LogP contribution in [0.1, 0.15) is 126 Å². The van der Waals surface area contributed by atoms with Gasteiger partial charge >= 0.3 is 27.0 Å². The Morgan fingerprint density at radius 3 is 2.07 bits per heavy atom. The number of phosphoric acid groups is 2. The number of hydrogen-bond acceptors (Lipinski definition) is 20. The molecule has 2 saturated heterocycles. The molecule has 2 amide bonds. The first-order valence-electron chi connectivity index (χ1n) is 30.0. The van der Waals surface area contributed by atoms with Crippen molar-refractivity contribution in [3.05, 3.63) is 119 Å². The van der Waals surface area contributed by atoms with E-state index in [-0.39, 0.29) is 87.1 Å². The lowest BCUT2D eigenvalue weighted by Crippen LogP contribution is -2.33. The molecule has 89 heavy (non-hydrogen) atoms. The van der Waals surface area contributed by atoms with Crippen molar-refractivity contribution in [1.82, 2.24) is 39.4 Å². The van der Waals surface area contributed by atoms with E-state index in [0.29, 0.717) is 56.9 Å². The standard InChI is InChI=1S/C58H79N9O20P2/c1-4-5-6-7-14-24-59-49(70)23-27-81-28-25-67-54-42-19-10-8-16-40(42)35-64(44-21-12-11-20-43(44)53(54)62-63-67)50(71)22-13-9-17-41(68)18-15-26-80-29-30-82-88(76,77)83-37-48-46(32-52(86-48)66-34-39(3)56(73)61-58(66)75)87-89(78,79)84-36-47-45(69)31-51(85-47)65-33-38(2)55(72)60-57(65)74/h8,10-12,16,19-21,33-34,45-48,51-52,69H,4-7,9,13-15,17-18,22-32,35-37H2,1-3H3,(H,59,70)(H,76,77)(H,78,79)(H,60,72,74)(H,61,73,75)/t45?,46?,47-,48-,51-,52-/m1/s1. The summed E-state index contributed by atoms with van der Waals surface area (Å²) in [6.07, 6.45) is 2.08. The lowest BCUT2D eigenvalue weighted by Gasteiger charge is -2.28. The van der Waals surface area contributed by atoms with Crippen LogP contribution in [0.25, 0.3) is 22.5 Å². The zero-order valence-electron chi connectivity index (χ0n) is 50.1. The second-order valence-electron chi connectivity index (χ2n) is 22.0. The lowest BCUT2D eigenvalue weighted by atomic mass is 9.95. The molecule has 3 aliphatic rings. The minimum atomic E-state index is -5.09. The Labute approximate surface area is 512 Å². The monoisotopic (exact) mass is 1280 g/mol. The van der Waals surface area contributed by atoms with E-state index in [9.17, 15) is 57.6 Å². The maximum absolute atomic E-state index is 14.1. The molecule has 0 spiro atoms. The number of H-pyrrole nitrogens is 2. The predicted molar refractivity (Wildman–Crippen MR) is 320 cm³/mol. The molecule has 8 atom stereocenters. The van der Waals surface area contributed by atoms with Gasteiger partial charge in [-0.05, 0) is 51.2 Å². The molecule has 486 valence electrons. The number of amides is 2. The summed E-state index contributed by atoms with van der Waals surface area (Å²) in [5.41, 5.74) is 2.00. The Balaban J connectivity index is 0.744. The maximum atomic E-state index is 14.1. The smallest absolute Gasteiger partial charge is 0.390 e. The lowest BCUT2D eigenvalue weighted by molar-refractivity contribution is -0.122. The second kappa shape index (κ2) is 32.5. The van der Waals surface area contributed by atoms with Crippen molar-refractivity contribution in [2.45, 2.75) is 161 Å². The van der Waals surface area contributed by atoms with Gasteiger partial charge in [0.1, 0.15) is 42.2 Å². The molecule has 4 unspecified atom stereocenters. The second-order valence-corrected chi connectivity index (χ2v) is 24.9. The Hall–Kier alpha value is -6.43. The largest absolute Gasteiger partial charge is 0.472 e. The number of carbonyl (C=O) groups excluding carboxylic acids is 3. The van der Waals surface area contributed by atoms with Crippen molar-refractivity contribution in [2.75, 3.05) is 57.7 Å². The van der Waals surface area contributed by atoms with E-state index in [1.165, 1.54) is 45.5 Å². The van der Waals surface area contributed by atoms with Crippen molar-refractivity contribution >= 4 is 38.9 Å². The summed E-state index contributed by atoms with van der Waals surface area (Å²) in [5, 5.41) is 22.8. The number of hydrogen-bond donors (Lipinski definition) is 6. The van der Waals surface area contributed by atoms with Crippen LogP contribution in [0.4, 0.5) is 5.69 Å². The van der Waals surface area contributed by atoms with Crippen LogP contribution < -0.4 is 32.7 Å². The molecule has 3 aromatic heterocycles. The number of carbonyl (C=O) groups is 3. The summed E-state index contributed by atoms with van der Waals surface area (Å²) in [5.74, 6) is -0.171. The highest BCUT2D eigenvalue weighted by Crippen LogP contribution is 2.50. The highest BCUT2D eigenvalue weighted by Gasteiger charge is 2.45. The number of benzene rings is 2. The van der Waals surface area contributed by atoms with Crippen LogP contribution in [0.15, 0.2) is 80.1 Å². The van der Waals surface area contributed by atoms with Gasteiger partial charge in [-0.3, -0.25) is 61.2 Å². The van der Waals surface area contributed by atoms with E-state index in [1.807, 2.05) is 53.2 Å². The summed E-state index contributed by atoms with van der Waals surface area (Å²) in [7, 11) is -9.95. The average molecular weight is 1280 g/mol. The van der Waals surface area contributed by atoms with Crippen molar-refractivity contribution in [2.24, 2.45) is 0 Å². The van der Waals surface area contributed by atoms with Gasteiger partial charge in [-0.1, -0.05) is 80.3 Å². The van der Waals surface area contributed by atoms with Gasteiger partial charge in [0.15, 0.2) is 0 Å². The highest BCUT2D eigenvalue weighted by atomic mass is 31.2. The van der Waals surface area contributed by atoms with Gasteiger partial charge in [0, 0.05) is 86.3 Å². The number of Topliss-reactive ketones (excluding diaryl/α,β-unsaturated/α-hetero) is 1. The Bertz CT molecular complexity index is 3570. The fraction of sp³-hybridized carbons (Fsp3) is 0.569. The number of anilines is 1. The van der Waals surface area contributed by atoms with Crippen LogP contribution in [-0.4, -0.2) is 144 Å². The number of aliphatic hydroxyl groups excluding tert-OH is 1. The average Bonchev–Trinajstić information content (AvgIpc) is 1.90. The van der Waals surface area contributed by atoms with E-state index >= 15 is 0 Å². The molecular formula is C58H79N9O20P2. The normalized spacial score (nSPS) is 20.2. The quantitative estimate of drug-likeness (QED) is 0.0225. The Morgan fingerprint density at radius 2 is 1.33 bits per heavy atom. The topological polar surface area (TPSA) is 376 Å². The minimum absolute atomic E-state index is 0.0254. The summed E-state index contributed by atoms with van der Waals surface area (Å²) in [4.78, 5) is 116. The number of nitrogens with zero attached hydrogens (tertiary/aromatic N) is 6. The molecule has 29 nitrogen and oxygen atoms in total. The summed E-state index contributed by atoms with van der Waals surface area (Å²) in [6.45, 7) is 5.05. The number of aliphatic hydroxyl groups is 1. The number of phosphoric ester groups is 2.